The van der Waals surface area contributed by atoms with Crippen LogP contribution < -0.4 is 0 Å². The molecule has 0 aromatic heterocycles. The molecule has 6 heteroatoms. The molecular formula is C67H118O6. The van der Waals surface area contributed by atoms with Gasteiger partial charge in [0, 0.05) is 19.3 Å². The molecule has 0 aliphatic heterocycles. The van der Waals surface area contributed by atoms with E-state index in [0.717, 1.165) is 103 Å². The Kier molecular flexibility index (Phi) is 58.7. The van der Waals surface area contributed by atoms with Crippen LogP contribution in [0.15, 0.2) is 72.9 Å². The summed E-state index contributed by atoms with van der Waals surface area (Å²) >= 11 is 0. The maximum absolute atomic E-state index is 12.9. The fraction of sp³-hybridized carbons (Fsp3) is 0.776. The highest BCUT2D eigenvalue weighted by Crippen LogP contribution is 2.15. The van der Waals surface area contributed by atoms with E-state index in [1.807, 2.05) is 0 Å². The molecule has 0 aromatic carbocycles. The van der Waals surface area contributed by atoms with Crippen LogP contribution >= 0.6 is 0 Å². The number of hydrogen-bond acceptors (Lipinski definition) is 6. The lowest BCUT2D eigenvalue weighted by Gasteiger charge is -2.18. The quantitative estimate of drug-likeness (QED) is 0.0261. The summed E-state index contributed by atoms with van der Waals surface area (Å²) in [5.41, 5.74) is 0. The zero-order valence-electron chi connectivity index (χ0n) is 48.4. The summed E-state index contributed by atoms with van der Waals surface area (Å²) in [5.74, 6) is -0.899. The molecule has 1 unspecified atom stereocenters. The van der Waals surface area contributed by atoms with Crippen LogP contribution in [0.4, 0.5) is 0 Å². The van der Waals surface area contributed by atoms with E-state index in [9.17, 15) is 14.4 Å². The molecule has 0 N–H and O–H groups in total. The molecule has 0 fully saturated rings. The first-order valence-corrected chi connectivity index (χ1v) is 31.4. The van der Waals surface area contributed by atoms with E-state index in [1.165, 1.54) is 173 Å². The van der Waals surface area contributed by atoms with Crippen molar-refractivity contribution in [3.63, 3.8) is 0 Å². The van der Waals surface area contributed by atoms with Gasteiger partial charge in [0.05, 0.1) is 0 Å². The number of carbonyl (C=O) groups is 3. The van der Waals surface area contributed by atoms with Gasteiger partial charge in [-0.2, -0.15) is 0 Å². The zero-order chi connectivity index (χ0) is 52.9. The van der Waals surface area contributed by atoms with Crippen LogP contribution in [0.5, 0.6) is 0 Å². The van der Waals surface area contributed by atoms with Gasteiger partial charge in [0.15, 0.2) is 6.10 Å². The molecule has 0 amide bonds. The van der Waals surface area contributed by atoms with Gasteiger partial charge in [-0.05, 0) is 116 Å². The fourth-order valence-corrected chi connectivity index (χ4v) is 8.89. The summed E-state index contributed by atoms with van der Waals surface area (Å²) < 4.78 is 16.9. The molecule has 0 aliphatic rings. The Morgan fingerprint density at radius 2 is 0.493 bits per heavy atom. The van der Waals surface area contributed by atoms with E-state index in [0.29, 0.717) is 19.3 Å². The molecule has 0 heterocycles. The Morgan fingerprint density at radius 3 is 0.808 bits per heavy atom. The third-order valence-corrected chi connectivity index (χ3v) is 13.7. The van der Waals surface area contributed by atoms with E-state index in [2.05, 4.69) is 93.7 Å². The zero-order valence-corrected chi connectivity index (χ0v) is 48.4. The minimum Gasteiger partial charge on any atom is -0.462 e. The Labute approximate surface area is 453 Å². The molecule has 0 saturated carbocycles. The molecule has 0 spiro atoms. The first-order valence-electron chi connectivity index (χ1n) is 31.4. The van der Waals surface area contributed by atoms with Gasteiger partial charge in [0.25, 0.3) is 0 Å². The van der Waals surface area contributed by atoms with Crippen LogP contribution in [-0.2, 0) is 28.6 Å². The van der Waals surface area contributed by atoms with E-state index < -0.39 is 6.10 Å². The minimum absolute atomic E-state index is 0.0848. The van der Waals surface area contributed by atoms with Gasteiger partial charge < -0.3 is 14.2 Å². The second-order valence-electron chi connectivity index (χ2n) is 21.0. The van der Waals surface area contributed by atoms with E-state index in [1.54, 1.807) is 0 Å². The second-order valence-corrected chi connectivity index (χ2v) is 21.0. The summed E-state index contributed by atoms with van der Waals surface area (Å²) in [7, 11) is 0. The van der Waals surface area contributed by atoms with Crippen molar-refractivity contribution >= 4 is 17.9 Å². The van der Waals surface area contributed by atoms with Crippen LogP contribution in [0.25, 0.3) is 0 Å². The Morgan fingerprint density at radius 1 is 0.274 bits per heavy atom. The fourth-order valence-electron chi connectivity index (χ4n) is 8.89. The second kappa shape index (κ2) is 61.4. The lowest BCUT2D eigenvalue weighted by Crippen LogP contribution is -2.30. The number of allylic oxidation sites excluding steroid dienone is 12. The highest BCUT2D eigenvalue weighted by atomic mass is 16.6. The molecule has 0 bridgehead atoms. The Bertz CT molecular complexity index is 1360. The van der Waals surface area contributed by atoms with Gasteiger partial charge in [-0.1, -0.05) is 254 Å². The maximum Gasteiger partial charge on any atom is 0.306 e. The lowest BCUT2D eigenvalue weighted by atomic mass is 10.1. The Balaban J connectivity index is 4.33. The van der Waals surface area contributed by atoms with Crippen molar-refractivity contribution in [2.45, 2.75) is 322 Å². The third-order valence-electron chi connectivity index (χ3n) is 13.7. The van der Waals surface area contributed by atoms with Gasteiger partial charge in [0.1, 0.15) is 13.2 Å². The predicted molar refractivity (Wildman–Crippen MR) is 316 cm³/mol. The van der Waals surface area contributed by atoms with E-state index in [-0.39, 0.29) is 31.1 Å². The lowest BCUT2D eigenvalue weighted by molar-refractivity contribution is -0.167. The van der Waals surface area contributed by atoms with E-state index in [4.69, 9.17) is 14.2 Å². The summed E-state index contributed by atoms with van der Waals surface area (Å²) in [4.78, 5) is 38.3. The standard InChI is InChI=1S/C67H118O6/c1-4-7-10-13-16-19-22-25-28-29-30-31-32-33-34-35-36-37-40-42-45-48-51-54-57-60-66(69)72-63-64(73-67(70)61-58-55-52-49-46-43-39-27-24-21-18-15-12-9-6-3)62-71-65(68)59-56-53-50-47-44-41-38-26-23-20-17-14-11-8-5-2/h18,21-22,25-27,29-30,32-33,38-39,64H,4-17,19-20,23-24,28,31,34-37,40-63H2,1-3H3/b21-18-,25-22-,30-29-,33-32-,38-26-,39-27-. The van der Waals surface area contributed by atoms with Crippen LogP contribution in [0.2, 0.25) is 0 Å². The number of ether oxygens (including phenoxy) is 3. The van der Waals surface area contributed by atoms with Crippen molar-refractivity contribution in [2.24, 2.45) is 0 Å². The number of hydrogen-bond donors (Lipinski definition) is 0. The number of esters is 3. The molecular weight excluding hydrogens is 901 g/mol. The molecule has 0 rings (SSSR count). The summed E-state index contributed by atoms with van der Waals surface area (Å²) in [6, 6.07) is 0. The number of rotatable bonds is 57. The SMILES string of the molecule is CCCCC/C=C\C/C=C\CCCCCCCC(=O)OC(COC(=O)CCCCCCC/C=C\CCCCCCCC)COC(=O)CCCCCCCCCCCC/C=C\C/C=C\C/C=C\CCCCCCC. The average Bonchev–Trinajstić information content (AvgIpc) is 3.39. The van der Waals surface area contributed by atoms with Gasteiger partial charge in [-0.25, -0.2) is 0 Å². The van der Waals surface area contributed by atoms with Gasteiger partial charge in [-0.15, -0.1) is 0 Å². The molecule has 0 saturated heterocycles. The van der Waals surface area contributed by atoms with Crippen LogP contribution in [0, 0.1) is 0 Å². The van der Waals surface area contributed by atoms with Crippen molar-refractivity contribution in [3.05, 3.63) is 72.9 Å². The van der Waals surface area contributed by atoms with Crippen molar-refractivity contribution in [1.82, 2.24) is 0 Å². The number of carbonyl (C=O) groups excluding carboxylic acids is 3. The first-order chi connectivity index (χ1) is 36.0. The smallest absolute Gasteiger partial charge is 0.306 e. The largest absolute Gasteiger partial charge is 0.462 e. The summed E-state index contributed by atoms with van der Waals surface area (Å²) in [6.07, 6.45) is 79.0. The normalized spacial score (nSPS) is 12.5. The molecule has 1 atom stereocenters. The highest BCUT2D eigenvalue weighted by Gasteiger charge is 2.19. The van der Waals surface area contributed by atoms with Crippen molar-refractivity contribution < 1.29 is 28.6 Å². The molecule has 73 heavy (non-hydrogen) atoms. The monoisotopic (exact) mass is 1020 g/mol. The Hall–Kier alpha value is -3.15. The first kappa shape index (κ1) is 69.8. The van der Waals surface area contributed by atoms with Crippen LogP contribution in [-0.4, -0.2) is 37.2 Å². The average molecular weight is 1020 g/mol. The predicted octanol–water partition coefficient (Wildman–Crippen LogP) is 21.3. The highest BCUT2D eigenvalue weighted by molar-refractivity contribution is 5.71. The summed E-state index contributed by atoms with van der Waals surface area (Å²) in [6.45, 7) is 6.60. The van der Waals surface area contributed by atoms with Crippen LogP contribution in [0.3, 0.4) is 0 Å². The molecule has 0 aliphatic carbocycles. The van der Waals surface area contributed by atoms with Gasteiger partial charge in [-0.3, -0.25) is 14.4 Å². The third kappa shape index (κ3) is 59.6. The summed E-state index contributed by atoms with van der Waals surface area (Å²) in [5, 5.41) is 0. The van der Waals surface area contributed by atoms with Crippen molar-refractivity contribution in [2.75, 3.05) is 13.2 Å². The van der Waals surface area contributed by atoms with E-state index >= 15 is 0 Å². The minimum atomic E-state index is -0.788. The maximum atomic E-state index is 12.9. The molecule has 422 valence electrons. The van der Waals surface area contributed by atoms with Crippen LogP contribution in [0.1, 0.15) is 316 Å². The van der Waals surface area contributed by atoms with Gasteiger partial charge in [0.2, 0.25) is 0 Å². The van der Waals surface area contributed by atoms with Crippen molar-refractivity contribution in [3.8, 4) is 0 Å². The van der Waals surface area contributed by atoms with Gasteiger partial charge >= 0.3 is 17.9 Å². The molecule has 0 aromatic rings. The molecule has 6 nitrogen and oxygen atoms in total. The molecule has 0 radical (unpaired) electrons. The number of unbranched alkanes of at least 4 members (excludes halogenated alkanes) is 34. The van der Waals surface area contributed by atoms with Crippen molar-refractivity contribution in [1.29, 1.82) is 0 Å². The topological polar surface area (TPSA) is 78.9 Å².